The molecule has 20 heavy (non-hydrogen) atoms. The fraction of sp³-hybridized carbons (Fsp3) is 0.400. The Balaban J connectivity index is 2.00. The van der Waals surface area contributed by atoms with Crippen LogP contribution in [-0.4, -0.2) is 40.3 Å². The predicted molar refractivity (Wildman–Crippen MR) is 77.5 cm³/mol. The fourth-order valence-electron chi connectivity index (χ4n) is 2.19. The van der Waals surface area contributed by atoms with Crippen molar-refractivity contribution in [3.63, 3.8) is 0 Å². The summed E-state index contributed by atoms with van der Waals surface area (Å²) in [6.45, 7) is 1.21. The Labute approximate surface area is 119 Å². The molecule has 0 aliphatic carbocycles. The van der Waals surface area contributed by atoms with Crippen molar-refractivity contribution < 1.29 is 9.84 Å². The summed E-state index contributed by atoms with van der Waals surface area (Å²) in [5.41, 5.74) is 0.807. The zero-order chi connectivity index (χ0) is 14.5. The summed E-state index contributed by atoms with van der Waals surface area (Å²) in [4.78, 5) is 6.33. The summed E-state index contributed by atoms with van der Waals surface area (Å²) in [5, 5.41) is 10.4. The number of aliphatic hydroxyl groups excluding tert-OH is 1. The van der Waals surface area contributed by atoms with Gasteiger partial charge in [0.15, 0.2) is 0 Å². The molecule has 0 amide bonds. The minimum atomic E-state index is -0.587. The van der Waals surface area contributed by atoms with E-state index in [2.05, 4.69) is 4.98 Å². The van der Waals surface area contributed by atoms with E-state index >= 15 is 0 Å². The van der Waals surface area contributed by atoms with Crippen LogP contribution in [0.2, 0.25) is 0 Å². The van der Waals surface area contributed by atoms with Crippen molar-refractivity contribution in [1.82, 2.24) is 14.5 Å². The van der Waals surface area contributed by atoms with Gasteiger partial charge >= 0.3 is 0 Å². The molecule has 2 rings (SSSR count). The van der Waals surface area contributed by atoms with Gasteiger partial charge in [-0.2, -0.15) is 0 Å². The lowest BCUT2D eigenvalue weighted by molar-refractivity contribution is 0.119. The van der Waals surface area contributed by atoms with Gasteiger partial charge < -0.3 is 14.4 Å². The first-order chi connectivity index (χ1) is 9.61. The lowest BCUT2D eigenvalue weighted by atomic mass is 10.1. The zero-order valence-electron chi connectivity index (χ0n) is 12.2. The lowest BCUT2D eigenvalue weighted by Gasteiger charge is -2.21. The molecule has 0 saturated heterocycles. The first-order valence-corrected chi connectivity index (χ1v) is 6.57. The molecular weight excluding hydrogens is 254 g/mol. The SMILES string of the molecule is COc1ccccc1C(O)CN(C)Cc1nccn1C. The van der Waals surface area contributed by atoms with Gasteiger partial charge in [0.25, 0.3) is 0 Å². The third-order valence-corrected chi connectivity index (χ3v) is 3.31. The van der Waals surface area contributed by atoms with Crippen LogP contribution in [0.25, 0.3) is 0 Å². The molecule has 1 aromatic heterocycles. The number of likely N-dealkylation sites (N-methyl/N-ethyl adjacent to an activating group) is 1. The van der Waals surface area contributed by atoms with Crippen LogP contribution in [-0.2, 0) is 13.6 Å². The van der Waals surface area contributed by atoms with Gasteiger partial charge in [-0.15, -0.1) is 0 Å². The number of aromatic nitrogens is 2. The van der Waals surface area contributed by atoms with Crippen LogP contribution in [0, 0.1) is 0 Å². The maximum atomic E-state index is 10.4. The molecule has 0 aliphatic rings. The van der Waals surface area contributed by atoms with Crippen LogP contribution in [0.4, 0.5) is 0 Å². The maximum absolute atomic E-state index is 10.4. The van der Waals surface area contributed by atoms with E-state index in [4.69, 9.17) is 4.74 Å². The molecule has 0 bridgehead atoms. The monoisotopic (exact) mass is 275 g/mol. The van der Waals surface area contributed by atoms with Gasteiger partial charge in [-0.1, -0.05) is 18.2 Å². The van der Waals surface area contributed by atoms with Crippen molar-refractivity contribution in [2.75, 3.05) is 20.7 Å². The standard InChI is InChI=1S/C15H21N3O2/c1-17(11-15-16-8-9-18(15)2)10-13(19)12-6-4-5-7-14(12)20-3/h4-9,13,19H,10-11H2,1-3H3. The van der Waals surface area contributed by atoms with Gasteiger partial charge in [-0.3, -0.25) is 4.90 Å². The third kappa shape index (κ3) is 3.37. The number of benzene rings is 1. The highest BCUT2D eigenvalue weighted by atomic mass is 16.5. The van der Waals surface area contributed by atoms with Crippen molar-refractivity contribution in [3.05, 3.63) is 48.0 Å². The molecule has 5 nitrogen and oxygen atoms in total. The van der Waals surface area contributed by atoms with E-state index in [0.717, 1.165) is 11.4 Å². The number of nitrogens with zero attached hydrogens (tertiary/aromatic N) is 3. The van der Waals surface area contributed by atoms with Crippen molar-refractivity contribution >= 4 is 0 Å². The number of rotatable bonds is 6. The molecule has 0 spiro atoms. The molecule has 1 atom stereocenters. The number of aliphatic hydroxyl groups is 1. The molecule has 108 valence electrons. The van der Waals surface area contributed by atoms with Gasteiger partial charge in [0.05, 0.1) is 19.8 Å². The molecule has 0 fully saturated rings. The van der Waals surface area contributed by atoms with Gasteiger partial charge in [0.2, 0.25) is 0 Å². The molecule has 0 aliphatic heterocycles. The van der Waals surface area contributed by atoms with Crippen molar-refractivity contribution in [2.45, 2.75) is 12.6 Å². The van der Waals surface area contributed by atoms with E-state index in [-0.39, 0.29) is 0 Å². The number of aryl methyl sites for hydroxylation is 1. The average molecular weight is 275 g/mol. The van der Waals surface area contributed by atoms with Gasteiger partial charge in [-0.25, -0.2) is 4.98 Å². The molecule has 5 heteroatoms. The van der Waals surface area contributed by atoms with E-state index in [1.54, 1.807) is 13.3 Å². The van der Waals surface area contributed by atoms with Crippen LogP contribution in [0.15, 0.2) is 36.7 Å². The average Bonchev–Trinajstić information content (AvgIpc) is 2.84. The Morgan fingerprint density at radius 3 is 2.80 bits per heavy atom. The number of methoxy groups -OCH3 is 1. The normalized spacial score (nSPS) is 12.7. The molecule has 2 aromatic rings. The first kappa shape index (κ1) is 14.6. The molecule has 1 aromatic carbocycles. The Bertz CT molecular complexity index is 554. The number of imidazole rings is 1. The van der Waals surface area contributed by atoms with Crippen molar-refractivity contribution in [3.8, 4) is 5.75 Å². The highest BCUT2D eigenvalue weighted by Gasteiger charge is 2.15. The lowest BCUT2D eigenvalue weighted by Crippen LogP contribution is -2.25. The highest BCUT2D eigenvalue weighted by molar-refractivity contribution is 5.35. The second-order valence-electron chi connectivity index (χ2n) is 4.91. The van der Waals surface area contributed by atoms with Crippen molar-refractivity contribution in [1.29, 1.82) is 0 Å². The van der Waals surface area contributed by atoms with Crippen LogP contribution >= 0.6 is 0 Å². The van der Waals surface area contributed by atoms with Crippen molar-refractivity contribution in [2.24, 2.45) is 7.05 Å². The van der Waals surface area contributed by atoms with E-state index < -0.39 is 6.10 Å². The number of hydrogen-bond donors (Lipinski definition) is 1. The zero-order valence-corrected chi connectivity index (χ0v) is 12.2. The van der Waals surface area contributed by atoms with E-state index in [9.17, 15) is 5.11 Å². The summed E-state index contributed by atoms with van der Waals surface area (Å²) in [7, 11) is 5.54. The molecule has 1 unspecified atom stereocenters. The summed E-state index contributed by atoms with van der Waals surface area (Å²) < 4.78 is 7.26. The predicted octanol–water partition coefficient (Wildman–Crippen LogP) is 1.59. The molecule has 0 saturated carbocycles. The van der Waals surface area contributed by atoms with Crippen LogP contribution in [0.3, 0.4) is 0 Å². The second-order valence-corrected chi connectivity index (χ2v) is 4.91. The Morgan fingerprint density at radius 2 is 2.15 bits per heavy atom. The minimum absolute atomic E-state index is 0.521. The summed E-state index contributed by atoms with van der Waals surface area (Å²) in [6, 6.07) is 7.54. The van der Waals surface area contributed by atoms with E-state index in [1.165, 1.54) is 0 Å². The third-order valence-electron chi connectivity index (χ3n) is 3.31. The van der Waals surface area contributed by atoms with E-state index in [0.29, 0.717) is 18.8 Å². The van der Waals surface area contributed by atoms with Gasteiger partial charge in [-0.05, 0) is 13.1 Å². The maximum Gasteiger partial charge on any atom is 0.124 e. The summed E-state index contributed by atoms with van der Waals surface area (Å²) in [5.74, 6) is 1.69. The van der Waals surface area contributed by atoms with Gasteiger partial charge in [0, 0.05) is 31.5 Å². The molecule has 1 N–H and O–H groups in total. The molecule has 0 radical (unpaired) electrons. The Morgan fingerprint density at radius 1 is 1.40 bits per heavy atom. The number of ether oxygens (including phenoxy) is 1. The molecular formula is C15H21N3O2. The quantitative estimate of drug-likeness (QED) is 0.870. The Kier molecular flexibility index (Phi) is 4.76. The highest BCUT2D eigenvalue weighted by Crippen LogP contribution is 2.25. The number of hydrogen-bond acceptors (Lipinski definition) is 4. The largest absolute Gasteiger partial charge is 0.496 e. The number of para-hydroxylation sites is 1. The summed E-state index contributed by atoms with van der Waals surface area (Å²) in [6.07, 6.45) is 3.11. The fourth-order valence-corrected chi connectivity index (χ4v) is 2.19. The topological polar surface area (TPSA) is 50.5 Å². The first-order valence-electron chi connectivity index (χ1n) is 6.57. The van der Waals surface area contributed by atoms with Gasteiger partial charge in [0.1, 0.15) is 11.6 Å². The van der Waals surface area contributed by atoms with Crippen LogP contribution < -0.4 is 4.74 Å². The van der Waals surface area contributed by atoms with E-state index in [1.807, 2.05) is 54.0 Å². The smallest absolute Gasteiger partial charge is 0.124 e. The second kappa shape index (κ2) is 6.54. The van der Waals surface area contributed by atoms with Crippen LogP contribution in [0.5, 0.6) is 5.75 Å². The minimum Gasteiger partial charge on any atom is -0.496 e. The Hall–Kier alpha value is -1.85. The molecule has 1 heterocycles. The summed E-state index contributed by atoms with van der Waals surface area (Å²) >= 11 is 0. The van der Waals surface area contributed by atoms with Crippen LogP contribution in [0.1, 0.15) is 17.5 Å².